The molecule has 1 heterocycles. The number of hydrogen-bond acceptors (Lipinski definition) is 5. The monoisotopic (exact) mass is 378 g/mol. The van der Waals surface area contributed by atoms with E-state index < -0.39 is 0 Å². The van der Waals surface area contributed by atoms with Gasteiger partial charge in [-0.1, -0.05) is 18.2 Å². The maximum atomic E-state index is 5.89. The molecular formula is C23H26N2O3. The van der Waals surface area contributed by atoms with E-state index in [9.17, 15) is 0 Å². The van der Waals surface area contributed by atoms with E-state index in [2.05, 4.69) is 28.5 Å². The number of ether oxygens (including phenoxy) is 3. The van der Waals surface area contributed by atoms with Gasteiger partial charge in [0.05, 0.1) is 14.2 Å². The number of nitrogens with zero attached hydrogens (tertiary/aromatic N) is 1. The Morgan fingerprint density at radius 1 is 0.821 bits per heavy atom. The fourth-order valence-electron chi connectivity index (χ4n) is 2.87. The van der Waals surface area contributed by atoms with Gasteiger partial charge in [-0.15, -0.1) is 0 Å². The minimum absolute atomic E-state index is 0.483. The molecule has 0 amide bonds. The number of hydrogen-bond donors (Lipinski definition) is 1. The number of nitrogens with one attached hydrogen (secondary N) is 1. The summed E-state index contributed by atoms with van der Waals surface area (Å²) in [5.41, 5.74) is 3.48. The van der Waals surface area contributed by atoms with Crippen LogP contribution in [0.15, 0.2) is 67.0 Å². The van der Waals surface area contributed by atoms with Crippen LogP contribution < -0.4 is 19.5 Å². The van der Waals surface area contributed by atoms with Crippen molar-refractivity contribution in [1.82, 2.24) is 10.3 Å². The molecule has 0 bridgehead atoms. The third-order valence-electron chi connectivity index (χ3n) is 4.43. The average Bonchev–Trinajstić information content (AvgIpc) is 2.76. The van der Waals surface area contributed by atoms with Crippen molar-refractivity contribution >= 4 is 0 Å². The van der Waals surface area contributed by atoms with Gasteiger partial charge in [0, 0.05) is 18.9 Å². The van der Waals surface area contributed by atoms with Crippen LogP contribution in [0.25, 0.3) is 0 Å². The van der Waals surface area contributed by atoms with Crippen molar-refractivity contribution in [2.24, 2.45) is 0 Å². The quantitative estimate of drug-likeness (QED) is 0.540. The highest BCUT2D eigenvalue weighted by atomic mass is 16.5. The predicted octanol–water partition coefficient (Wildman–Crippen LogP) is 4.01. The highest BCUT2D eigenvalue weighted by molar-refractivity contribution is 5.43. The Morgan fingerprint density at radius 3 is 2.46 bits per heavy atom. The summed E-state index contributed by atoms with van der Waals surface area (Å²) in [7, 11) is 3.35. The molecule has 1 N–H and O–H groups in total. The van der Waals surface area contributed by atoms with Crippen LogP contribution >= 0.6 is 0 Å². The number of pyridine rings is 1. The van der Waals surface area contributed by atoms with E-state index in [4.69, 9.17) is 14.2 Å². The van der Waals surface area contributed by atoms with E-state index in [-0.39, 0.29) is 0 Å². The third kappa shape index (κ3) is 5.72. The number of methoxy groups -OCH3 is 2. The van der Waals surface area contributed by atoms with Gasteiger partial charge in [-0.05, 0) is 66.1 Å². The molecule has 0 aliphatic heterocycles. The Hall–Kier alpha value is -3.05. The van der Waals surface area contributed by atoms with Crippen LogP contribution in [-0.2, 0) is 19.6 Å². The molecule has 2 aromatic carbocycles. The second-order valence-electron chi connectivity index (χ2n) is 6.41. The fraction of sp³-hybridized carbons (Fsp3) is 0.261. The zero-order chi connectivity index (χ0) is 19.6. The summed E-state index contributed by atoms with van der Waals surface area (Å²) >= 11 is 0. The lowest BCUT2D eigenvalue weighted by molar-refractivity contribution is 0.284. The largest absolute Gasteiger partial charge is 0.497 e. The molecular weight excluding hydrogens is 352 g/mol. The molecule has 146 valence electrons. The Morgan fingerprint density at radius 2 is 1.68 bits per heavy atom. The van der Waals surface area contributed by atoms with E-state index in [0.29, 0.717) is 6.61 Å². The fourth-order valence-corrected chi connectivity index (χ4v) is 2.87. The topological polar surface area (TPSA) is 52.6 Å². The number of aromatic nitrogens is 1. The van der Waals surface area contributed by atoms with Gasteiger partial charge < -0.3 is 19.5 Å². The molecule has 0 unspecified atom stereocenters. The Balaban J connectivity index is 1.50. The van der Waals surface area contributed by atoms with Crippen LogP contribution in [0, 0.1) is 0 Å². The lowest BCUT2D eigenvalue weighted by Crippen LogP contribution is -2.16. The maximum absolute atomic E-state index is 5.89. The number of rotatable bonds is 10. The smallest absolute Gasteiger partial charge is 0.161 e. The third-order valence-corrected chi connectivity index (χ3v) is 4.43. The summed E-state index contributed by atoms with van der Waals surface area (Å²) in [6, 6.07) is 18.1. The maximum Gasteiger partial charge on any atom is 0.161 e. The molecule has 0 saturated heterocycles. The molecule has 28 heavy (non-hydrogen) atoms. The molecule has 0 aliphatic rings. The molecule has 0 atom stereocenters. The molecule has 1 aromatic heterocycles. The molecule has 0 saturated carbocycles. The first-order valence-electron chi connectivity index (χ1n) is 9.31. The molecule has 0 radical (unpaired) electrons. The Labute approximate surface area is 166 Å². The molecule has 5 heteroatoms. The van der Waals surface area contributed by atoms with Crippen molar-refractivity contribution < 1.29 is 14.2 Å². The van der Waals surface area contributed by atoms with E-state index in [0.717, 1.165) is 47.9 Å². The van der Waals surface area contributed by atoms with E-state index in [1.807, 2.05) is 36.4 Å². The minimum Gasteiger partial charge on any atom is -0.497 e. The zero-order valence-corrected chi connectivity index (χ0v) is 16.4. The molecule has 0 spiro atoms. The summed E-state index contributed by atoms with van der Waals surface area (Å²) in [4.78, 5) is 4.02. The second kappa shape index (κ2) is 10.3. The summed E-state index contributed by atoms with van der Waals surface area (Å²) in [6.07, 6.45) is 4.47. The van der Waals surface area contributed by atoms with Crippen LogP contribution in [0.2, 0.25) is 0 Å². The van der Waals surface area contributed by atoms with Crippen LogP contribution in [0.1, 0.15) is 16.7 Å². The highest BCUT2D eigenvalue weighted by Gasteiger charge is 2.06. The molecule has 0 fully saturated rings. The van der Waals surface area contributed by atoms with E-state index in [1.165, 1.54) is 5.56 Å². The summed E-state index contributed by atoms with van der Waals surface area (Å²) in [5, 5.41) is 3.47. The van der Waals surface area contributed by atoms with Gasteiger partial charge in [-0.25, -0.2) is 0 Å². The SMILES string of the molecule is COc1cccc(CCNCc2ccc(OCc3ccncc3)c(OC)c2)c1. The molecule has 3 aromatic rings. The first kappa shape index (κ1) is 19.7. The second-order valence-corrected chi connectivity index (χ2v) is 6.41. The van der Waals surface area contributed by atoms with Crippen LogP contribution in [-0.4, -0.2) is 25.7 Å². The first-order chi connectivity index (χ1) is 13.8. The van der Waals surface area contributed by atoms with Gasteiger partial charge in [-0.2, -0.15) is 0 Å². The standard InChI is InChI=1S/C23H26N2O3/c1-26-21-5-3-4-18(14-21)8-13-25-16-20-6-7-22(23(15-20)27-2)28-17-19-9-11-24-12-10-19/h3-7,9-12,14-15,25H,8,13,16-17H2,1-2H3. The summed E-state index contributed by atoms with van der Waals surface area (Å²) in [6.45, 7) is 2.14. The summed E-state index contributed by atoms with van der Waals surface area (Å²) in [5.74, 6) is 2.37. The first-order valence-corrected chi connectivity index (χ1v) is 9.31. The highest BCUT2D eigenvalue weighted by Crippen LogP contribution is 2.28. The van der Waals surface area contributed by atoms with Crippen molar-refractivity contribution in [3.05, 3.63) is 83.7 Å². The normalized spacial score (nSPS) is 10.5. The van der Waals surface area contributed by atoms with Crippen molar-refractivity contribution in [3.8, 4) is 17.2 Å². The summed E-state index contributed by atoms with van der Waals surface area (Å²) < 4.78 is 16.7. The Bertz CT molecular complexity index is 869. The average molecular weight is 378 g/mol. The van der Waals surface area contributed by atoms with Gasteiger partial charge in [0.15, 0.2) is 11.5 Å². The van der Waals surface area contributed by atoms with Gasteiger partial charge in [0.1, 0.15) is 12.4 Å². The number of benzene rings is 2. The van der Waals surface area contributed by atoms with E-state index >= 15 is 0 Å². The van der Waals surface area contributed by atoms with Crippen LogP contribution in [0.4, 0.5) is 0 Å². The van der Waals surface area contributed by atoms with Gasteiger partial charge >= 0.3 is 0 Å². The predicted molar refractivity (Wildman–Crippen MR) is 110 cm³/mol. The van der Waals surface area contributed by atoms with Crippen LogP contribution in [0.3, 0.4) is 0 Å². The van der Waals surface area contributed by atoms with Gasteiger partial charge in [-0.3, -0.25) is 4.98 Å². The molecule has 3 rings (SSSR count). The lowest BCUT2D eigenvalue weighted by Gasteiger charge is -2.13. The van der Waals surface area contributed by atoms with Crippen molar-refractivity contribution in [2.45, 2.75) is 19.6 Å². The lowest BCUT2D eigenvalue weighted by atomic mass is 10.1. The van der Waals surface area contributed by atoms with Crippen LogP contribution in [0.5, 0.6) is 17.2 Å². The Kier molecular flexibility index (Phi) is 7.27. The molecule has 0 aliphatic carbocycles. The van der Waals surface area contributed by atoms with Crippen molar-refractivity contribution in [2.75, 3.05) is 20.8 Å². The zero-order valence-electron chi connectivity index (χ0n) is 16.4. The van der Waals surface area contributed by atoms with Gasteiger partial charge in [0.25, 0.3) is 0 Å². The minimum atomic E-state index is 0.483. The van der Waals surface area contributed by atoms with Crippen molar-refractivity contribution in [3.63, 3.8) is 0 Å². The van der Waals surface area contributed by atoms with Gasteiger partial charge in [0.2, 0.25) is 0 Å². The molecule has 5 nitrogen and oxygen atoms in total. The van der Waals surface area contributed by atoms with Crippen molar-refractivity contribution in [1.29, 1.82) is 0 Å². The van der Waals surface area contributed by atoms with E-state index in [1.54, 1.807) is 26.6 Å².